The lowest BCUT2D eigenvalue weighted by Gasteiger charge is -2.09. The zero-order chi connectivity index (χ0) is 5.72. The molecule has 0 aromatic rings. The minimum atomic E-state index is 0.561. The molecule has 1 saturated carbocycles. The highest BCUT2D eigenvalue weighted by Gasteiger charge is 2.52. The molecule has 0 aromatic heterocycles. The summed E-state index contributed by atoms with van der Waals surface area (Å²) in [5, 5.41) is 0. The fourth-order valence-corrected chi connectivity index (χ4v) is 1.78. The molecule has 1 aliphatic heterocycles. The Balaban J connectivity index is 2.00. The largest absolute Gasteiger partial charge is 0.327 e. The fraction of sp³-hybridized carbons (Fsp3) is 1.00. The van der Waals surface area contributed by atoms with E-state index < -0.39 is 0 Å². The topological polar surface area (TPSA) is 29.3 Å². The third kappa shape index (κ3) is 0.446. The van der Waals surface area contributed by atoms with Crippen molar-refractivity contribution in [1.29, 1.82) is 0 Å². The van der Waals surface area contributed by atoms with Crippen LogP contribution >= 0.6 is 0 Å². The Morgan fingerprint density at radius 1 is 1.38 bits per heavy atom. The minimum Gasteiger partial charge on any atom is -0.327 e. The molecule has 0 aromatic carbocycles. The number of nitrogens with two attached hydrogens (primary N) is 1. The van der Waals surface area contributed by atoms with Crippen LogP contribution in [0, 0.1) is 11.8 Å². The summed E-state index contributed by atoms with van der Waals surface area (Å²) in [7, 11) is 2.17. The normalized spacial score (nSPS) is 54.0. The molecule has 2 fully saturated rings. The molecule has 8 heavy (non-hydrogen) atoms. The Bertz CT molecular complexity index is 101. The second kappa shape index (κ2) is 1.25. The van der Waals surface area contributed by atoms with Crippen molar-refractivity contribution in [3.8, 4) is 0 Å². The third-order valence-corrected chi connectivity index (χ3v) is 2.44. The van der Waals surface area contributed by atoms with Gasteiger partial charge in [-0.25, -0.2) is 0 Å². The van der Waals surface area contributed by atoms with E-state index in [4.69, 9.17) is 5.73 Å². The van der Waals surface area contributed by atoms with Crippen LogP contribution in [0.25, 0.3) is 0 Å². The van der Waals surface area contributed by atoms with Gasteiger partial charge in [0.25, 0.3) is 0 Å². The van der Waals surface area contributed by atoms with Crippen molar-refractivity contribution >= 4 is 0 Å². The highest BCUT2D eigenvalue weighted by atomic mass is 15.2. The van der Waals surface area contributed by atoms with E-state index in [9.17, 15) is 0 Å². The van der Waals surface area contributed by atoms with Crippen molar-refractivity contribution in [3.05, 3.63) is 0 Å². The van der Waals surface area contributed by atoms with Crippen LogP contribution in [0.3, 0.4) is 0 Å². The minimum absolute atomic E-state index is 0.561. The molecule has 0 bridgehead atoms. The molecule has 2 heteroatoms. The van der Waals surface area contributed by atoms with Gasteiger partial charge >= 0.3 is 0 Å². The Kier molecular flexibility index (Phi) is 0.746. The molecule has 0 radical (unpaired) electrons. The van der Waals surface area contributed by atoms with Crippen LogP contribution in [0.2, 0.25) is 0 Å². The molecule has 2 rings (SSSR count). The number of likely N-dealkylation sites (tertiary alicyclic amines) is 1. The second-order valence-electron chi connectivity index (χ2n) is 3.13. The maximum absolute atomic E-state index is 5.71. The first-order chi connectivity index (χ1) is 3.79. The number of hydrogen-bond acceptors (Lipinski definition) is 2. The summed E-state index contributed by atoms with van der Waals surface area (Å²) in [6.07, 6.45) is 0. The molecule has 1 aliphatic carbocycles. The second-order valence-corrected chi connectivity index (χ2v) is 3.13. The monoisotopic (exact) mass is 112 g/mol. The highest BCUT2D eigenvalue weighted by Crippen LogP contribution is 2.42. The number of hydrogen-bond donors (Lipinski definition) is 1. The molecular formula is C6H12N2. The van der Waals surface area contributed by atoms with Gasteiger partial charge in [0.15, 0.2) is 0 Å². The molecule has 2 N–H and O–H groups in total. The summed E-state index contributed by atoms with van der Waals surface area (Å²) in [4.78, 5) is 2.36. The van der Waals surface area contributed by atoms with E-state index in [1.165, 1.54) is 13.1 Å². The maximum Gasteiger partial charge on any atom is 0.0127 e. The predicted molar refractivity (Wildman–Crippen MR) is 32.5 cm³/mol. The molecule has 2 nitrogen and oxygen atoms in total. The van der Waals surface area contributed by atoms with E-state index in [0.29, 0.717) is 6.04 Å². The molecule has 3 atom stereocenters. The zero-order valence-electron chi connectivity index (χ0n) is 5.17. The Morgan fingerprint density at radius 3 is 2.25 bits per heavy atom. The summed E-state index contributed by atoms with van der Waals surface area (Å²) in [6, 6.07) is 0.561. The highest BCUT2D eigenvalue weighted by molar-refractivity contribution is 5.07. The van der Waals surface area contributed by atoms with Crippen molar-refractivity contribution < 1.29 is 0 Å². The van der Waals surface area contributed by atoms with Crippen LogP contribution in [0.15, 0.2) is 0 Å². The van der Waals surface area contributed by atoms with Gasteiger partial charge in [-0.15, -0.1) is 0 Å². The average Bonchev–Trinajstić information content (AvgIpc) is 2.29. The SMILES string of the molecule is CN1CC2[C@@H](N)[C@H]2C1. The fourth-order valence-electron chi connectivity index (χ4n) is 1.78. The van der Waals surface area contributed by atoms with Gasteiger partial charge in [0, 0.05) is 19.1 Å². The van der Waals surface area contributed by atoms with Gasteiger partial charge in [0.1, 0.15) is 0 Å². The van der Waals surface area contributed by atoms with Crippen LogP contribution in [0.4, 0.5) is 0 Å². The number of piperidine rings is 1. The first-order valence-electron chi connectivity index (χ1n) is 3.23. The van der Waals surface area contributed by atoms with Crippen LogP contribution in [-0.2, 0) is 0 Å². The van der Waals surface area contributed by atoms with E-state index in [1.807, 2.05) is 0 Å². The lowest BCUT2D eigenvalue weighted by molar-refractivity contribution is 0.362. The zero-order valence-corrected chi connectivity index (χ0v) is 5.17. The van der Waals surface area contributed by atoms with Gasteiger partial charge in [-0.2, -0.15) is 0 Å². The number of nitrogens with zero attached hydrogens (tertiary/aromatic N) is 1. The van der Waals surface area contributed by atoms with E-state index in [0.717, 1.165) is 11.8 Å². The smallest absolute Gasteiger partial charge is 0.0127 e. The van der Waals surface area contributed by atoms with E-state index >= 15 is 0 Å². The molecule has 1 heterocycles. The van der Waals surface area contributed by atoms with Crippen molar-refractivity contribution in [2.45, 2.75) is 6.04 Å². The van der Waals surface area contributed by atoms with Crippen molar-refractivity contribution in [1.82, 2.24) is 4.90 Å². The summed E-state index contributed by atoms with van der Waals surface area (Å²) in [5.74, 6) is 1.72. The standard InChI is InChI=1S/C6H12N2/c1-8-2-4-5(3-8)6(4)7/h4-6H,2-3,7H2,1H3/t4-,5?,6-/m0/s1. The van der Waals surface area contributed by atoms with Crippen LogP contribution in [0.5, 0.6) is 0 Å². The van der Waals surface area contributed by atoms with Crippen LogP contribution < -0.4 is 5.73 Å². The van der Waals surface area contributed by atoms with Gasteiger partial charge in [-0.05, 0) is 18.9 Å². The Hall–Kier alpha value is -0.0800. The quantitative estimate of drug-likeness (QED) is 0.458. The van der Waals surface area contributed by atoms with Gasteiger partial charge in [0.05, 0.1) is 0 Å². The lowest BCUT2D eigenvalue weighted by atomic mass is 10.4. The molecule has 46 valence electrons. The molecule has 0 spiro atoms. The summed E-state index contributed by atoms with van der Waals surface area (Å²) in [5.41, 5.74) is 5.71. The van der Waals surface area contributed by atoms with Crippen molar-refractivity contribution in [2.75, 3.05) is 20.1 Å². The predicted octanol–water partition coefficient (Wildman–Crippen LogP) is -0.495. The Morgan fingerprint density at radius 2 is 1.88 bits per heavy atom. The first kappa shape index (κ1) is 4.77. The Labute approximate surface area is 49.7 Å². The molecule has 2 aliphatic rings. The third-order valence-electron chi connectivity index (χ3n) is 2.44. The van der Waals surface area contributed by atoms with E-state index in [2.05, 4.69) is 11.9 Å². The van der Waals surface area contributed by atoms with Crippen molar-refractivity contribution in [3.63, 3.8) is 0 Å². The summed E-state index contributed by atoms with van der Waals surface area (Å²) < 4.78 is 0. The average molecular weight is 112 g/mol. The number of rotatable bonds is 0. The van der Waals surface area contributed by atoms with Crippen LogP contribution in [0.1, 0.15) is 0 Å². The van der Waals surface area contributed by atoms with E-state index in [1.54, 1.807) is 0 Å². The van der Waals surface area contributed by atoms with Crippen LogP contribution in [-0.4, -0.2) is 31.1 Å². The van der Waals surface area contributed by atoms with Gasteiger partial charge in [-0.3, -0.25) is 0 Å². The molecule has 1 unspecified atom stereocenters. The van der Waals surface area contributed by atoms with Crippen molar-refractivity contribution in [2.24, 2.45) is 17.6 Å². The summed E-state index contributed by atoms with van der Waals surface area (Å²) >= 11 is 0. The summed E-state index contributed by atoms with van der Waals surface area (Å²) in [6.45, 7) is 2.48. The van der Waals surface area contributed by atoms with Gasteiger partial charge < -0.3 is 10.6 Å². The molecule has 1 saturated heterocycles. The van der Waals surface area contributed by atoms with E-state index in [-0.39, 0.29) is 0 Å². The first-order valence-corrected chi connectivity index (χ1v) is 3.23. The molecule has 0 amide bonds. The van der Waals surface area contributed by atoms with Gasteiger partial charge in [0.2, 0.25) is 0 Å². The molecular weight excluding hydrogens is 100 g/mol. The maximum atomic E-state index is 5.71. The number of fused-ring (bicyclic) bond motifs is 1. The van der Waals surface area contributed by atoms with Gasteiger partial charge in [-0.1, -0.05) is 0 Å². The lowest BCUT2D eigenvalue weighted by Crippen LogP contribution is -2.24.